The molecule has 2 aliphatic rings. The quantitative estimate of drug-likeness (QED) is 0.759. The molecule has 1 fully saturated rings. The van der Waals surface area contributed by atoms with Gasteiger partial charge in [0.25, 0.3) is 0 Å². The van der Waals surface area contributed by atoms with Crippen LogP contribution in [0.4, 0.5) is 11.6 Å². The Bertz CT molecular complexity index is 440. The van der Waals surface area contributed by atoms with E-state index in [1.807, 2.05) is 4.90 Å². The van der Waals surface area contributed by atoms with Crippen molar-refractivity contribution < 1.29 is 4.79 Å². The Hall–Kier alpha value is -1.65. The number of hydrogen-bond acceptors (Lipinski definition) is 4. The molecule has 0 atom stereocenters. The number of carbonyl (C=O) groups excluding carboxylic acids is 1. The Morgan fingerprint density at radius 1 is 1.31 bits per heavy atom. The number of hydrogen-bond donors (Lipinski definition) is 1. The lowest BCUT2D eigenvalue weighted by Crippen LogP contribution is -2.36. The molecule has 2 heterocycles. The lowest BCUT2D eigenvalue weighted by Gasteiger charge is -2.23. The molecule has 1 aromatic heterocycles. The molecule has 1 aliphatic carbocycles. The number of amides is 1. The number of nitrogens with two attached hydrogens (primary N) is 1. The van der Waals surface area contributed by atoms with E-state index in [-0.39, 0.29) is 5.91 Å². The van der Waals surface area contributed by atoms with E-state index in [0.29, 0.717) is 18.3 Å². The third-order valence-electron chi connectivity index (χ3n) is 3.47. The van der Waals surface area contributed by atoms with Crippen molar-refractivity contribution in [2.24, 2.45) is 0 Å². The lowest BCUT2D eigenvalue weighted by atomic mass is 10.2. The highest BCUT2D eigenvalue weighted by Gasteiger charge is 2.36. The number of nitrogen functional groups attached to an aromatic ring is 1. The molecule has 84 valence electrons. The van der Waals surface area contributed by atoms with Crippen molar-refractivity contribution in [3.8, 4) is 0 Å². The number of nitrogens with zero attached hydrogens (tertiary/aromatic N) is 3. The van der Waals surface area contributed by atoms with Gasteiger partial charge in [0.2, 0.25) is 5.91 Å². The van der Waals surface area contributed by atoms with Crippen molar-refractivity contribution in [2.45, 2.75) is 38.1 Å². The molecule has 1 aromatic rings. The molecular weight excluding hydrogens is 204 g/mol. The van der Waals surface area contributed by atoms with Crippen molar-refractivity contribution in [1.29, 1.82) is 0 Å². The van der Waals surface area contributed by atoms with Gasteiger partial charge in [0.1, 0.15) is 18.0 Å². The Morgan fingerprint density at radius 3 is 2.81 bits per heavy atom. The maximum Gasteiger partial charge on any atom is 0.233 e. The molecule has 1 amide bonds. The van der Waals surface area contributed by atoms with Crippen molar-refractivity contribution in [3.05, 3.63) is 11.9 Å². The molecule has 0 spiro atoms. The van der Waals surface area contributed by atoms with Gasteiger partial charge >= 0.3 is 0 Å². The maximum atomic E-state index is 12.0. The molecule has 5 nitrogen and oxygen atoms in total. The highest BCUT2D eigenvalue weighted by Crippen LogP contribution is 2.35. The summed E-state index contributed by atoms with van der Waals surface area (Å²) in [6.45, 7) is 0. The van der Waals surface area contributed by atoms with Crippen molar-refractivity contribution in [3.63, 3.8) is 0 Å². The van der Waals surface area contributed by atoms with E-state index in [2.05, 4.69) is 9.97 Å². The van der Waals surface area contributed by atoms with Crippen molar-refractivity contribution >= 4 is 17.5 Å². The molecule has 0 saturated heterocycles. The molecule has 16 heavy (non-hydrogen) atoms. The van der Waals surface area contributed by atoms with Crippen molar-refractivity contribution in [2.75, 3.05) is 10.6 Å². The van der Waals surface area contributed by atoms with Crippen LogP contribution in [-0.2, 0) is 11.2 Å². The van der Waals surface area contributed by atoms with Gasteiger partial charge in [-0.1, -0.05) is 12.8 Å². The van der Waals surface area contributed by atoms with E-state index in [0.717, 1.165) is 24.2 Å². The van der Waals surface area contributed by atoms with Gasteiger partial charge in [-0.25, -0.2) is 9.97 Å². The van der Waals surface area contributed by atoms with Crippen LogP contribution in [0.3, 0.4) is 0 Å². The normalized spacial score (nSPS) is 20.5. The van der Waals surface area contributed by atoms with Crippen LogP contribution in [0.2, 0.25) is 0 Å². The van der Waals surface area contributed by atoms with E-state index in [1.165, 1.54) is 19.2 Å². The maximum absolute atomic E-state index is 12.0. The zero-order valence-electron chi connectivity index (χ0n) is 9.02. The minimum atomic E-state index is 0.120. The van der Waals surface area contributed by atoms with E-state index in [1.54, 1.807) is 0 Å². The van der Waals surface area contributed by atoms with Crippen LogP contribution in [0.1, 0.15) is 31.2 Å². The molecule has 0 unspecified atom stereocenters. The van der Waals surface area contributed by atoms with Crippen LogP contribution in [0, 0.1) is 0 Å². The Balaban J connectivity index is 2.02. The number of rotatable bonds is 1. The molecule has 0 radical (unpaired) electrons. The third-order valence-corrected chi connectivity index (χ3v) is 3.47. The second-order valence-electron chi connectivity index (χ2n) is 4.44. The largest absolute Gasteiger partial charge is 0.383 e. The summed E-state index contributed by atoms with van der Waals surface area (Å²) in [6.07, 6.45) is 6.35. The molecule has 2 N–H and O–H groups in total. The topological polar surface area (TPSA) is 72.1 Å². The zero-order valence-corrected chi connectivity index (χ0v) is 9.02. The molecule has 5 heteroatoms. The first-order valence-electron chi connectivity index (χ1n) is 5.69. The average Bonchev–Trinajstić information content (AvgIpc) is 2.85. The minimum Gasteiger partial charge on any atom is -0.383 e. The van der Waals surface area contributed by atoms with Gasteiger partial charge in [0.05, 0.1) is 6.42 Å². The highest BCUT2D eigenvalue weighted by atomic mass is 16.2. The molecule has 1 saturated carbocycles. The van der Waals surface area contributed by atoms with Gasteiger partial charge in [-0.3, -0.25) is 9.69 Å². The molecule has 3 rings (SSSR count). The number of carbonyl (C=O) groups is 1. The summed E-state index contributed by atoms with van der Waals surface area (Å²) >= 11 is 0. The Labute approximate surface area is 93.7 Å². The summed E-state index contributed by atoms with van der Waals surface area (Å²) in [5.74, 6) is 1.30. The SMILES string of the molecule is Nc1ncnc2c1CC(=O)N2C1CCCC1. The van der Waals surface area contributed by atoms with Gasteiger partial charge < -0.3 is 5.73 Å². The van der Waals surface area contributed by atoms with Crippen molar-refractivity contribution in [1.82, 2.24) is 9.97 Å². The van der Waals surface area contributed by atoms with E-state index < -0.39 is 0 Å². The fourth-order valence-electron chi connectivity index (χ4n) is 2.69. The van der Waals surface area contributed by atoms with E-state index in [9.17, 15) is 4.79 Å². The predicted octanol–water partition coefficient (Wildman–Crippen LogP) is 0.890. The van der Waals surface area contributed by atoms with Crippen LogP contribution in [0.15, 0.2) is 6.33 Å². The monoisotopic (exact) mass is 218 g/mol. The van der Waals surface area contributed by atoms with Gasteiger partial charge in [-0.15, -0.1) is 0 Å². The Morgan fingerprint density at radius 2 is 2.06 bits per heavy atom. The predicted molar refractivity (Wildman–Crippen MR) is 59.9 cm³/mol. The molecule has 1 aliphatic heterocycles. The lowest BCUT2D eigenvalue weighted by molar-refractivity contribution is -0.117. The standard InChI is InChI=1S/C11H14N4O/c12-10-8-5-9(16)15(7-3-1-2-4-7)11(8)14-6-13-10/h6-7H,1-5H2,(H2,12,13,14). The summed E-state index contributed by atoms with van der Waals surface area (Å²) in [5.41, 5.74) is 6.57. The second kappa shape index (κ2) is 3.43. The molecule has 0 aromatic carbocycles. The first kappa shape index (κ1) is 9.57. The fourth-order valence-corrected chi connectivity index (χ4v) is 2.69. The van der Waals surface area contributed by atoms with Crippen LogP contribution in [-0.4, -0.2) is 21.9 Å². The van der Waals surface area contributed by atoms with E-state index >= 15 is 0 Å². The third kappa shape index (κ3) is 1.27. The van der Waals surface area contributed by atoms with Crippen LogP contribution < -0.4 is 10.6 Å². The highest BCUT2D eigenvalue weighted by molar-refractivity contribution is 6.02. The average molecular weight is 218 g/mol. The smallest absolute Gasteiger partial charge is 0.233 e. The van der Waals surface area contributed by atoms with Crippen LogP contribution in [0.5, 0.6) is 0 Å². The summed E-state index contributed by atoms with van der Waals surface area (Å²) in [6, 6.07) is 0.322. The summed E-state index contributed by atoms with van der Waals surface area (Å²) < 4.78 is 0. The minimum absolute atomic E-state index is 0.120. The van der Waals surface area contributed by atoms with Gasteiger partial charge in [0.15, 0.2) is 0 Å². The molecule has 0 bridgehead atoms. The number of aromatic nitrogens is 2. The fraction of sp³-hybridized carbons (Fsp3) is 0.545. The second-order valence-corrected chi connectivity index (χ2v) is 4.44. The first-order chi connectivity index (χ1) is 7.77. The number of fused-ring (bicyclic) bond motifs is 1. The Kier molecular flexibility index (Phi) is 2.05. The summed E-state index contributed by atoms with van der Waals surface area (Å²) in [7, 11) is 0. The van der Waals surface area contributed by atoms with Crippen LogP contribution >= 0.6 is 0 Å². The van der Waals surface area contributed by atoms with Gasteiger partial charge in [0, 0.05) is 11.6 Å². The van der Waals surface area contributed by atoms with Crippen LogP contribution in [0.25, 0.3) is 0 Å². The van der Waals surface area contributed by atoms with Gasteiger partial charge in [-0.05, 0) is 12.8 Å². The number of anilines is 2. The zero-order chi connectivity index (χ0) is 11.1. The van der Waals surface area contributed by atoms with E-state index in [4.69, 9.17) is 5.73 Å². The summed E-state index contributed by atoms with van der Waals surface area (Å²) in [5, 5.41) is 0. The molecular formula is C11H14N4O. The van der Waals surface area contributed by atoms with Gasteiger partial charge in [-0.2, -0.15) is 0 Å². The summed E-state index contributed by atoms with van der Waals surface area (Å²) in [4.78, 5) is 22.0. The first-order valence-corrected chi connectivity index (χ1v) is 5.69.